The molecule has 0 unspecified atom stereocenters. The van der Waals surface area contributed by atoms with Gasteiger partial charge in [-0.3, -0.25) is 4.79 Å². The lowest BCUT2D eigenvalue weighted by atomic mass is 10.2. The average molecular weight is 372 g/mol. The number of benzene rings is 2. The van der Waals surface area contributed by atoms with E-state index < -0.39 is 15.7 Å². The third-order valence-corrected chi connectivity index (χ3v) is 6.25. The third-order valence-electron chi connectivity index (χ3n) is 3.65. The number of anilines is 1. The predicted octanol–water partition coefficient (Wildman–Crippen LogP) is 3.86. The van der Waals surface area contributed by atoms with Crippen LogP contribution in [0.25, 0.3) is 10.6 Å². The maximum absolute atomic E-state index is 12.6. The van der Waals surface area contributed by atoms with Crippen LogP contribution in [0.4, 0.5) is 5.69 Å². The maximum Gasteiger partial charge on any atom is 0.256 e. The molecule has 1 heterocycles. The number of carbonyl (C=O) groups is 1. The number of aromatic nitrogens is 1. The van der Waals surface area contributed by atoms with Gasteiger partial charge in [-0.25, -0.2) is 13.4 Å². The van der Waals surface area contributed by atoms with Crippen LogP contribution in [-0.4, -0.2) is 25.1 Å². The molecule has 25 heavy (non-hydrogen) atoms. The molecule has 0 bridgehead atoms. The van der Waals surface area contributed by atoms with Crippen LogP contribution < -0.4 is 5.32 Å². The van der Waals surface area contributed by atoms with Crippen LogP contribution in [0.3, 0.4) is 0 Å². The van der Waals surface area contributed by atoms with Gasteiger partial charge in [-0.15, -0.1) is 11.3 Å². The zero-order valence-electron chi connectivity index (χ0n) is 13.5. The molecule has 0 aliphatic rings. The topological polar surface area (TPSA) is 76.1 Å². The van der Waals surface area contributed by atoms with Gasteiger partial charge in [0.15, 0.2) is 9.84 Å². The van der Waals surface area contributed by atoms with E-state index in [1.807, 2.05) is 23.6 Å². The average Bonchev–Trinajstić information content (AvgIpc) is 3.16. The summed E-state index contributed by atoms with van der Waals surface area (Å²) in [5.74, 6) is -0.513. The van der Waals surface area contributed by atoms with E-state index >= 15 is 0 Å². The monoisotopic (exact) mass is 372 g/mol. The molecule has 0 saturated carbocycles. The maximum atomic E-state index is 12.6. The summed E-state index contributed by atoms with van der Waals surface area (Å²) in [6, 6.07) is 13.5. The Kier molecular flexibility index (Phi) is 4.96. The van der Waals surface area contributed by atoms with Crippen LogP contribution in [-0.2, 0) is 9.84 Å². The van der Waals surface area contributed by atoms with Crippen LogP contribution in [0.5, 0.6) is 0 Å². The molecular weight excluding hydrogens is 356 g/mol. The smallest absolute Gasteiger partial charge is 0.256 e. The fraction of sp³-hybridized carbons (Fsp3) is 0.111. The Labute approximate surface area is 150 Å². The number of hydrogen-bond donors (Lipinski definition) is 1. The summed E-state index contributed by atoms with van der Waals surface area (Å²) in [5, 5.41) is 5.50. The Bertz CT molecular complexity index is 997. The highest BCUT2D eigenvalue weighted by Crippen LogP contribution is 2.25. The lowest BCUT2D eigenvalue weighted by Gasteiger charge is -2.10. The Morgan fingerprint density at radius 2 is 1.96 bits per heavy atom. The lowest BCUT2D eigenvalue weighted by Crippen LogP contribution is -2.17. The van der Waals surface area contributed by atoms with E-state index in [0.717, 1.165) is 10.6 Å². The first kappa shape index (κ1) is 17.3. The number of nitrogens with one attached hydrogen (secondary N) is 1. The van der Waals surface area contributed by atoms with Crippen LogP contribution >= 0.6 is 11.3 Å². The summed E-state index contributed by atoms with van der Waals surface area (Å²) in [5.41, 5.74) is 1.62. The molecule has 0 atom stereocenters. The van der Waals surface area contributed by atoms with Gasteiger partial charge in [0.2, 0.25) is 0 Å². The van der Waals surface area contributed by atoms with Crippen molar-refractivity contribution in [3.05, 3.63) is 65.7 Å². The van der Waals surface area contributed by atoms with Crippen LogP contribution in [0, 0.1) is 0 Å². The minimum Gasteiger partial charge on any atom is -0.322 e. The summed E-state index contributed by atoms with van der Waals surface area (Å²) < 4.78 is 24.4. The standard InChI is InChI=1S/C18H16N2O3S2/c1-2-25(22,23)16-9-4-3-8-15(16)17(21)20-14-7-5-6-13(12-14)18-19-10-11-24-18/h3-12H,2H2,1H3,(H,20,21). The quantitative estimate of drug-likeness (QED) is 0.738. The van der Waals surface area contributed by atoms with Crippen molar-refractivity contribution in [3.8, 4) is 10.6 Å². The fourth-order valence-electron chi connectivity index (χ4n) is 2.38. The van der Waals surface area contributed by atoms with Crippen molar-refractivity contribution in [3.63, 3.8) is 0 Å². The normalized spacial score (nSPS) is 11.2. The molecule has 1 amide bonds. The van der Waals surface area contributed by atoms with Gasteiger partial charge in [-0.1, -0.05) is 31.2 Å². The molecule has 0 spiro atoms. The number of amides is 1. The predicted molar refractivity (Wildman–Crippen MR) is 99.7 cm³/mol. The molecule has 0 aliphatic heterocycles. The largest absolute Gasteiger partial charge is 0.322 e. The highest BCUT2D eigenvalue weighted by atomic mass is 32.2. The van der Waals surface area contributed by atoms with E-state index in [9.17, 15) is 13.2 Å². The van der Waals surface area contributed by atoms with E-state index in [4.69, 9.17) is 0 Å². The molecule has 3 aromatic rings. The first-order valence-electron chi connectivity index (χ1n) is 7.64. The van der Waals surface area contributed by atoms with Crippen molar-refractivity contribution < 1.29 is 13.2 Å². The highest BCUT2D eigenvalue weighted by Gasteiger charge is 2.20. The Hall–Kier alpha value is -2.51. The molecule has 7 heteroatoms. The third kappa shape index (κ3) is 3.78. The second-order valence-electron chi connectivity index (χ2n) is 5.27. The Morgan fingerprint density at radius 1 is 1.16 bits per heavy atom. The van der Waals surface area contributed by atoms with Gasteiger partial charge in [0.25, 0.3) is 5.91 Å². The molecule has 0 fully saturated rings. The number of sulfone groups is 1. The summed E-state index contributed by atoms with van der Waals surface area (Å²) >= 11 is 1.51. The van der Waals surface area contributed by atoms with E-state index in [-0.39, 0.29) is 16.2 Å². The van der Waals surface area contributed by atoms with E-state index in [0.29, 0.717) is 5.69 Å². The minimum atomic E-state index is -3.48. The van der Waals surface area contributed by atoms with E-state index in [1.165, 1.54) is 23.5 Å². The van der Waals surface area contributed by atoms with Crippen molar-refractivity contribution in [2.24, 2.45) is 0 Å². The van der Waals surface area contributed by atoms with Gasteiger partial charge in [0, 0.05) is 22.8 Å². The van der Waals surface area contributed by atoms with Gasteiger partial charge in [0.05, 0.1) is 16.2 Å². The van der Waals surface area contributed by atoms with Gasteiger partial charge < -0.3 is 5.32 Å². The van der Waals surface area contributed by atoms with Crippen LogP contribution in [0.2, 0.25) is 0 Å². The number of rotatable bonds is 5. The summed E-state index contributed by atoms with van der Waals surface area (Å²) in [6.07, 6.45) is 1.72. The first-order valence-corrected chi connectivity index (χ1v) is 10.2. The number of nitrogens with zero attached hydrogens (tertiary/aromatic N) is 1. The summed E-state index contributed by atoms with van der Waals surface area (Å²) in [6.45, 7) is 1.56. The molecular formula is C18H16N2O3S2. The second kappa shape index (κ2) is 7.16. The SMILES string of the molecule is CCS(=O)(=O)c1ccccc1C(=O)Nc1cccc(-c2nccs2)c1. The minimum absolute atomic E-state index is 0.0473. The number of carbonyl (C=O) groups excluding carboxylic acids is 1. The first-order chi connectivity index (χ1) is 12.0. The van der Waals surface area contributed by atoms with Crippen LogP contribution in [0.1, 0.15) is 17.3 Å². The molecule has 0 radical (unpaired) electrons. The van der Waals surface area contributed by atoms with E-state index in [1.54, 1.807) is 31.3 Å². The van der Waals surface area contributed by atoms with Crippen molar-refractivity contribution in [1.82, 2.24) is 4.98 Å². The fourth-order valence-corrected chi connectivity index (χ4v) is 4.10. The Morgan fingerprint density at radius 3 is 2.68 bits per heavy atom. The molecule has 1 aromatic heterocycles. The zero-order chi connectivity index (χ0) is 17.9. The molecule has 1 N–H and O–H groups in total. The lowest BCUT2D eigenvalue weighted by molar-refractivity contribution is 0.102. The Balaban J connectivity index is 1.91. The molecule has 128 valence electrons. The van der Waals surface area contributed by atoms with Crippen LogP contribution in [0.15, 0.2) is 65.0 Å². The molecule has 3 rings (SSSR count). The van der Waals surface area contributed by atoms with Crippen molar-refractivity contribution in [2.45, 2.75) is 11.8 Å². The van der Waals surface area contributed by atoms with Gasteiger partial charge in [-0.05, 0) is 24.3 Å². The van der Waals surface area contributed by atoms with Gasteiger partial charge in [0.1, 0.15) is 5.01 Å². The molecule has 2 aromatic carbocycles. The van der Waals surface area contributed by atoms with E-state index in [2.05, 4.69) is 10.3 Å². The van der Waals surface area contributed by atoms with Crippen molar-refractivity contribution in [2.75, 3.05) is 11.1 Å². The molecule has 5 nitrogen and oxygen atoms in total. The van der Waals surface area contributed by atoms with Gasteiger partial charge in [-0.2, -0.15) is 0 Å². The second-order valence-corrected chi connectivity index (χ2v) is 8.41. The summed E-state index contributed by atoms with van der Waals surface area (Å²) in [7, 11) is -3.48. The van der Waals surface area contributed by atoms with Crippen molar-refractivity contribution in [1.29, 1.82) is 0 Å². The number of thiazole rings is 1. The molecule has 0 aliphatic carbocycles. The van der Waals surface area contributed by atoms with Gasteiger partial charge >= 0.3 is 0 Å². The zero-order valence-corrected chi connectivity index (χ0v) is 15.1. The summed E-state index contributed by atoms with van der Waals surface area (Å²) in [4.78, 5) is 16.9. The highest BCUT2D eigenvalue weighted by molar-refractivity contribution is 7.91. The molecule has 0 saturated heterocycles. The van der Waals surface area contributed by atoms with Crippen molar-refractivity contribution >= 4 is 32.8 Å². The number of hydrogen-bond acceptors (Lipinski definition) is 5.